The van der Waals surface area contributed by atoms with Gasteiger partial charge in [0.25, 0.3) is 0 Å². The van der Waals surface area contributed by atoms with E-state index in [1.54, 1.807) is 7.11 Å². The lowest BCUT2D eigenvalue weighted by Crippen LogP contribution is -2.03. The second kappa shape index (κ2) is 5.54. The van der Waals surface area contributed by atoms with Gasteiger partial charge < -0.3 is 15.5 Å². The smallest absolute Gasteiger partial charge is 0.121 e. The summed E-state index contributed by atoms with van der Waals surface area (Å²) in [6, 6.07) is 6.01. The molecule has 96 valence electrons. The van der Waals surface area contributed by atoms with Gasteiger partial charge in [0.05, 0.1) is 7.11 Å². The van der Waals surface area contributed by atoms with E-state index in [1.165, 1.54) is 0 Å². The highest BCUT2D eigenvalue weighted by Gasteiger charge is 2.11. The largest absolute Gasteiger partial charge is 0.496 e. The Kier molecular flexibility index (Phi) is 4.04. The lowest BCUT2D eigenvalue weighted by Gasteiger charge is -2.06. The lowest BCUT2D eigenvalue weighted by molar-refractivity contribution is 0.412. The number of aromatic nitrogens is 2. The Morgan fingerprint density at radius 3 is 2.83 bits per heavy atom. The number of aryl methyl sites for hydroxylation is 1. The van der Waals surface area contributed by atoms with Crippen molar-refractivity contribution < 1.29 is 4.74 Å². The zero-order chi connectivity index (χ0) is 13.1. The Balaban J connectivity index is 2.39. The standard InChI is InChI=1S/C13H16BrN3O/c1-8-7-9(3-4-10(8)18-2)12-13(14)17-11(16-12)5-6-15/h3-4,7H,5-6,15H2,1-2H3,(H,16,17). The zero-order valence-corrected chi connectivity index (χ0v) is 12.0. The molecule has 0 radical (unpaired) electrons. The van der Waals surface area contributed by atoms with Gasteiger partial charge in [-0.1, -0.05) is 0 Å². The van der Waals surface area contributed by atoms with Gasteiger partial charge in [-0.3, -0.25) is 0 Å². The van der Waals surface area contributed by atoms with Crippen molar-refractivity contribution in [2.75, 3.05) is 13.7 Å². The minimum absolute atomic E-state index is 0.584. The molecular weight excluding hydrogens is 294 g/mol. The summed E-state index contributed by atoms with van der Waals surface area (Å²) in [7, 11) is 1.67. The van der Waals surface area contributed by atoms with Crippen LogP contribution in [0.3, 0.4) is 0 Å². The van der Waals surface area contributed by atoms with Crippen LogP contribution < -0.4 is 10.5 Å². The fourth-order valence-electron chi connectivity index (χ4n) is 1.87. The van der Waals surface area contributed by atoms with Crippen LogP contribution in [-0.4, -0.2) is 23.6 Å². The molecule has 0 saturated heterocycles. The summed E-state index contributed by atoms with van der Waals surface area (Å²) in [5.74, 6) is 1.78. The number of H-pyrrole nitrogens is 1. The van der Waals surface area contributed by atoms with Gasteiger partial charge in [0.15, 0.2) is 0 Å². The lowest BCUT2D eigenvalue weighted by atomic mass is 10.1. The Morgan fingerprint density at radius 1 is 1.44 bits per heavy atom. The molecule has 0 unspecified atom stereocenters. The molecule has 1 aromatic carbocycles. The molecule has 2 aromatic rings. The summed E-state index contributed by atoms with van der Waals surface area (Å²) in [6.07, 6.45) is 0.744. The molecular formula is C13H16BrN3O. The average Bonchev–Trinajstić information content (AvgIpc) is 2.71. The molecule has 0 saturated carbocycles. The minimum atomic E-state index is 0.584. The first-order valence-electron chi connectivity index (χ1n) is 5.75. The quantitative estimate of drug-likeness (QED) is 0.912. The molecule has 0 bridgehead atoms. The maximum Gasteiger partial charge on any atom is 0.121 e. The molecule has 0 aliphatic heterocycles. The highest BCUT2D eigenvalue weighted by molar-refractivity contribution is 9.10. The molecule has 18 heavy (non-hydrogen) atoms. The Hall–Kier alpha value is -1.33. The van der Waals surface area contributed by atoms with Gasteiger partial charge in [0, 0.05) is 12.0 Å². The number of hydrogen-bond donors (Lipinski definition) is 2. The number of rotatable bonds is 4. The first-order valence-corrected chi connectivity index (χ1v) is 6.54. The van der Waals surface area contributed by atoms with Crippen LogP contribution in [0.15, 0.2) is 22.8 Å². The predicted molar refractivity (Wildman–Crippen MR) is 75.8 cm³/mol. The number of methoxy groups -OCH3 is 1. The van der Waals surface area contributed by atoms with Crippen molar-refractivity contribution in [3.05, 3.63) is 34.2 Å². The number of nitrogens with two attached hydrogens (primary N) is 1. The number of aromatic amines is 1. The van der Waals surface area contributed by atoms with Gasteiger partial charge in [0.2, 0.25) is 0 Å². The third-order valence-corrected chi connectivity index (χ3v) is 3.33. The molecule has 0 fully saturated rings. The third-order valence-electron chi connectivity index (χ3n) is 2.76. The van der Waals surface area contributed by atoms with E-state index in [-0.39, 0.29) is 0 Å². The van der Waals surface area contributed by atoms with E-state index in [4.69, 9.17) is 10.5 Å². The molecule has 1 aromatic heterocycles. The van der Waals surface area contributed by atoms with Crippen molar-refractivity contribution in [1.29, 1.82) is 0 Å². The van der Waals surface area contributed by atoms with Gasteiger partial charge in [0.1, 0.15) is 21.9 Å². The van der Waals surface area contributed by atoms with Crippen LogP contribution >= 0.6 is 15.9 Å². The number of nitrogens with zero attached hydrogens (tertiary/aromatic N) is 1. The predicted octanol–water partition coefficient (Wildman–Crippen LogP) is 2.66. The number of ether oxygens (including phenoxy) is 1. The van der Waals surface area contributed by atoms with Gasteiger partial charge in [-0.05, 0) is 53.2 Å². The number of nitrogens with one attached hydrogen (secondary N) is 1. The number of benzene rings is 1. The normalized spacial score (nSPS) is 10.7. The maximum atomic E-state index is 5.53. The Bertz CT molecular complexity index is 551. The van der Waals surface area contributed by atoms with E-state index in [9.17, 15) is 0 Å². The molecule has 4 nitrogen and oxygen atoms in total. The first kappa shape index (κ1) is 13.1. The molecule has 0 amide bonds. The van der Waals surface area contributed by atoms with Gasteiger partial charge in [-0.2, -0.15) is 0 Å². The minimum Gasteiger partial charge on any atom is -0.496 e. The highest BCUT2D eigenvalue weighted by atomic mass is 79.9. The molecule has 0 aliphatic carbocycles. The monoisotopic (exact) mass is 309 g/mol. The van der Waals surface area contributed by atoms with Crippen LogP contribution in [0.1, 0.15) is 11.4 Å². The summed E-state index contributed by atoms with van der Waals surface area (Å²) in [4.78, 5) is 7.73. The van der Waals surface area contributed by atoms with Crippen LogP contribution in [0.2, 0.25) is 0 Å². The summed E-state index contributed by atoms with van der Waals surface area (Å²) in [6.45, 7) is 2.60. The van der Waals surface area contributed by atoms with Crippen LogP contribution in [0.25, 0.3) is 11.3 Å². The topological polar surface area (TPSA) is 63.9 Å². The fraction of sp³-hybridized carbons (Fsp3) is 0.308. The molecule has 2 rings (SSSR count). The van der Waals surface area contributed by atoms with Crippen molar-refractivity contribution in [2.24, 2.45) is 5.73 Å². The highest BCUT2D eigenvalue weighted by Crippen LogP contribution is 2.29. The van der Waals surface area contributed by atoms with Crippen LogP contribution in [0.5, 0.6) is 5.75 Å². The molecule has 0 aliphatic rings. The van der Waals surface area contributed by atoms with E-state index in [1.807, 2.05) is 19.1 Å². The first-order chi connectivity index (χ1) is 8.65. The summed E-state index contributed by atoms with van der Waals surface area (Å²) >= 11 is 3.49. The van der Waals surface area contributed by atoms with E-state index in [0.717, 1.165) is 39.4 Å². The van der Waals surface area contributed by atoms with Crippen LogP contribution in [0.4, 0.5) is 0 Å². The Labute approximate surface area is 115 Å². The van der Waals surface area contributed by atoms with E-state index < -0.39 is 0 Å². The number of halogens is 1. The van der Waals surface area contributed by atoms with Gasteiger partial charge >= 0.3 is 0 Å². The average molecular weight is 310 g/mol. The Morgan fingerprint density at radius 2 is 2.22 bits per heavy atom. The van der Waals surface area contributed by atoms with Gasteiger partial charge in [-0.25, -0.2) is 4.98 Å². The molecule has 1 heterocycles. The fourth-order valence-corrected chi connectivity index (χ4v) is 2.42. The van der Waals surface area contributed by atoms with Gasteiger partial charge in [-0.15, -0.1) is 0 Å². The maximum absolute atomic E-state index is 5.53. The van der Waals surface area contributed by atoms with Crippen molar-refractivity contribution in [1.82, 2.24) is 9.97 Å². The van der Waals surface area contributed by atoms with E-state index in [0.29, 0.717) is 6.54 Å². The second-order valence-electron chi connectivity index (χ2n) is 4.07. The van der Waals surface area contributed by atoms with Crippen molar-refractivity contribution >= 4 is 15.9 Å². The molecule has 0 atom stereocenters. The van der Waals surface area contributed by atoms with Crippen LogP contribution in [0, 0.1) is 6.92 Å². The molecule has 3 N–H and O–H groups in total. The number of imidazole rings is 1. The number of hydrogen-bond acceptors (Lipinski definition) is 3. The summed E-state index contributed by atoms with van der Waals surface area (Å²) in [5, 5.41) is 0. The third kappa shape index (κ3) is 2.57. The molecule has 5 heteroatoms. The van der Waals surface area contributed by atoms with Crippen LogP contribution in [-0.2, 0) is 6.42 Å². The zero-order valence-electron chi connectivity index (χ0n) is 10.5. The van der Waals surface area contributed by atoms with Crippen molar-refractivity contribution in [3.8, 4) is 17.0 Å². The van der Waals surface area contributed by atoms with E-state index >= 15 is 0 Å². The van der Waals surface area contributed by atoms with E-state index in [2.05, 4.69) is 32.0 Å². The summed E-state index contributed by atoms with van der Waals surface area (Å²) in [5.41, 5.74) is 8.58. The SMILES string of the molecule is COc1ccc(-c2nc(CCN)[nH]c2Br)cc1C. The second-order valence-corrected chi connectivity index (χ2v) is 4.86. The van der Waals surface area contributed by atoms with Crippen molar-refractivity contribution in [2.45, 2.75) is 13.3 Å². The summed E-state index contributed by atoms with van der Waals surface area (Å²) < 4.78 is 6.14. The van der Waals surface area contributed by atoms with Crippen molar-refractivity contribution in [3.63, 3.8) is 0 Å². The molecule has 0 spiro atoms.